The van der Waals surface area contributed by atoms with Crippen LogP contribution in [0.3, 0.4) is 0 Å². The van der Waals surface area contributed by atoms with Gasteiger partial charge in [-0.1, -0.05) is 18.2 Å². The molecule has 1 fully saturated rings. The van der Waals surface area contributed by atoms with E-state index in [1.54, 1.807) is 0 Å². The molecule has 2 N–H and O–H groups in total. The summed E-state index contributed by atoms with van der Waals surface area (Å²) in [5, 5.41) is 5.56. The normalized spacial score (nSPS) is 19.4. The van der Waals surface area contributed by atoms with Crippen molar-refractivity contribution in [1.29, 1.82) is 0 Å². The van der Waals surface area contributed by atoms with E-state index in [-0.39, 0.29) is 12.1 Å². The Kier molecular flexibility index (Phi) is 3.77. The molecule has 1 aromatic carbocycles. The zero-order chi connectivity index (χ0) is 11.2. The first kappa shape index (κ1) is 11.0. The number of benzene rings is 1. The minimum Gasteiger partial charge on any atom is -0.376 e. The summed E-state index contributed by atoms with van der Waals surface area (Å²) >= 11 is 0. The second-order valence-electron chi connectivity index (χ2n) is 3.84. The van der Waals surface area contributed by atoms with Gasteiger partial charge in [0.05, 0.1) is 6.10 Å². The summed E-state index contributed by atoms with van der Waals surface area (Å²) in [5.74, 6) is 0. The highest BCUT2D eigenvalue weighted by atomic mass is 16.5. The molecule has 0 radical (unpaired) electrons. The topological polar surface area (TPSA) is 50.4 Å². The smallest absolute Gasteiger partial charge is 0.319 e. The molecule has 1 aromatic rings. The first-order valence-corrected chi connectivity index (χ1v) is 5.56. The number of amides is 2. The predicted octanol–water partition coefficient (Wildman–Crippen LogP) is 1.99. The van der Waals surface area contributed by atoms with E-state index in [1.807, 2.05) is 30.3 Å². The number of anilines is 1. The van der Waals surface area contributed by atoms with Crippen LogP contribution in [0.5, 0.6) is 0 Å². The number of carbonyl (C=O) groups excluding carboxylic acids is 1. The van der Waals surface area contributed by atoms with Crippen LogP contribution in [0.1, 0.15) is 12.8 Å². The first-order chi connectivity index (χ1) is 7.84. The van der Waals surface area contributed by atoms with Crippen molar-refractivity contribution in [2.24, 2.45) is 0 Å². The highest BCUT2D eigenvalue weighted by molar-refractivity contribution is 5.89. The van der Waals surface area contributed by atoms with E-state index in [0.29, 0.717) is 6.54 Å². The van der Waals surface area contributed by atoms with Gasteiger partial charge >= 0.3 is 6.03 Å². The van der Waals surface area contributed by atoms with Crippen molar-refractivity contribution in [3.8, 4) is 0 Å². The van der Waals surface area contributed by atoms with Crippen LogP contribution in [0.2, 0.25) is 0 Å². The lowest BCUT2D eigenvalue weighted by Crippen LogP contribution is -2.34. The van der Waals surface area contributed by atoms with Crippen LogP contribution in [0.4, 0.5) is 10.5 Å². The molecule has 1 atom stereocenters. The molecule has 2 amide bonds. The van der Waals surface area contributed by atoms with E-state index in [9.17, 15) is 4.79 Å². The molecule has 0 aromatic heterocycles. The Morgan fingerprint density at radius 3 is 2.88 bits per heavy atom. The minimum atomic E-state index is -0.179. The van der Waals surface area contributed by atoms with E-state index in [4.69, 9.17) is 4.74 Å². The Morgan fingerprint density at radius 2 is 2.19 bits per heavy atom. The van der Waals surface area contributed by atoms with Gasteiger partial charge in [0.15, 0.2) is 0 Å². The third-order valence-corrected chi connectivity index (χ3v) is 2.55. The Morgan fingerprint density at radius 1 is 1.38 bits per heavy atom. The quantitative estimate of drug-likeness (QED) is 0.818. The number of hydrogen-bond donors (Lipinski definition) is 2. The van der Waals surface area contributed by atoms with Gasteiger partial charge in [0.1, 0.15) is 0 Å². The number of nitrogens with one attached hydrogen (secondary N) is 2. The summed E-state index contributed by atoms with van der Waals surface area (Å²) in [6.45, 7) is 1.39. The molecule has 2 rings (SSSR count). The Bertz CT molecular complexity index is 334. The van der Waals surface area contributed by atoms with Gasteiger partial charge in [-0.15, -0.1) is 0 Å². The molecule has 0 aliphatic carbocycles. The Labute approximate surface area is 95.0 Å². The van der Waals surface area contributed by atoms with Crippen molar-refractivity contribution in [3.05, 3.63) is 30.3 Å². The summed E-state index contributed by atoms with van der Waals surface area (Å²) in [4.78, 5) is 11.5. The zero-order valence-electron chi connectivity index (χ0n) is 9.11. The maximum atomic E-state index is 11.5. The van der Waals surface area contributed by atoms with Gasteiger partial charge in [0.25, 0.3) is 0 Å². The van der Waals surface area contributed by atoms with Gasteiger partial charge in [0.2, 0.25) is 0 Å². The van der Waals surface area contributed by atoms with Gasteiger partial charge in [-0.2, -0.15) is 0 Å². The van der Waals surface area contributed by atoms with Gasteiger partial charge in [0, 0.05) is 18.8 Å². The van der Waals surface area contributed by atoms with Crippen LogP contribution < -0.4 is 10.6 Å². The Balaban J connectivity index is 1.72. The number of para-hydroxylation sites is 1. The molecule has 86 valence electrons. The number of carbonyl (C=O) groups is 1. The van der Waals surface area contributed by atoms with Crippen molar-refractivity contribution >= 4 is 11.7 Å². The third-order valence-electron chi connectivity index (χ3n) is 2.55. The summed E-state index contributed by atoms with van der Waals surface area (Å²) < 4.78 is 5.41. The molecular weight excluding hydrogens is 204 g/mol. The van der Waals surface area contributed by atoms with Crippen LogP contribution in [-0.4, -0.2) is 25.3 Å². The van der Waals surface area contributed by atoms with E-state index in [2.05, 4.69) is 10.6 Å². The van der Waals surface area contributed by atoms with Crippen molar-refractivity contribution in [3.63, 3.8) is 0 Å². The van der Waals surface area contributed by atoms with E-state index in [1.165, 1.54) is 0 Å². The molecule has 1 aliphatic heterocycles. The number of hydrogen-bond acceptors (Lipinski definition) is 2. The summed E-state index contributed by atoms with van der Waals surface area (Å²) in [7, 11) is 0. The molecule has 0 saturated carbocycles. The van der Waals surface area contributed by atoms with Crippen LogP contribution in [0, 0.1) is 0 Å². The van der Waals surface area contributed by atoms with E-state index >= 15 is 0 Å². The zero-order valence-corrected chi connectivity index (χ0v) is 9.11. The number of rotatable bonds is 3. The standard InChI is InChI=1S/C12H16N2O2/c15-12(13-9-11-7-4-8-16-11)14-10-5-2-1-3-6-10/h1-3,5-6,11H,4,7-9H2,(H2,13,14,15)/t11-/m1/s1. The van der Waals surface area contributed by atoms with E-state index in [0.717, 1.165) is 25.1 Å². The molecule has 0 unspecified atom stereocenters. The monoisotopic (exact) mass is 220 g/mol. The lowest BCUT2D eigenvalue weighted by molar-refractivity contribution is 0.112. The second kappa shape index (κ2) is 5.51. The molecular formula is C12H16N2O2. The van der Waals surface area contributed by atoms with Gasteiger partial charge in [-0.05, 0) is 25.0 Å². The Hall–Kier alpha value is -1.55. The summed E-state index contributed by atoms with van der Waals surface area (Å²) in [6, 6.07) is 9.21. The average molecular weight is 220 g/mol. The average Bonchev–Trinajstić information content (AvgIpc) is 2.81. The summed E-state index contributed by atoms with van der Waals surface area (Å²) in [5.41, 5.74) is 0.798. The molecule has 16 heavy (non-hydrogen) atoms. The van der Waals surface area contributed by atoms with Crippen molar-refractivity contribution < 1.29 is 9.53 Å². The third kappa shape index (κ3) is 3.24. The number of ether oxygens (including phenoxy) is 1. The van der Waals surface area contributed by atoms with Crippen molar-refractivity contribution in [1.82, 2.24) is 5.32 Å². The summed E-state index contributed by atoms with van der Waals surface area (Å²) in [6.07, 6.45) is 2.31. The molecule has 0 spiro atoms. The van der Waals surface area contributed by atoms with Crippen LogP contribution in [0.15, 0.2) is 30.3 Å². The molecule has 4 heteroatoms. The molecule has 1 heterocycles. The predicted molar refractivity (Wildman–Crippen MR) is 62.4 cm³/mol. The van der Waals surface area contributed by atoms with E-state index < -0.39 is 0 Å². The number of urea groups is 1. The molecule has 0 bridgehead atoms. The van der Waals surface area contributed by atoms with Crippen molar-refractivity contribution in [2.75, 3.05) is 18.5 Å². The molecule has 1 saturated heterocycles. The lowest BCUT2D eigenvalue weighted by atomic mass is 10.2. The largest absolute Gasteiger partial charge is 0.376 e. The fourth-order valence-electron chi connectivity index (χ4n) is 1.71. The molecule has 4 nitrogen and oxygen atoms in total. The van der Waals surface area contributed by atoms with Crippen LogP contribution in [-0.2, 0) is 4.74 Å². The molecule has 1 aliphatic rings. The first-order valence-electron chi connectivity index (χ1n) is 5.56. The van der Waals surface area contributed by atoms with Crippen molar-refractivity contribution in [2.45, 2.75) is 18.9 Å². The second-order valence-corrected chi connectivity index (χ2v) is 3.84. The minimum absolute atomic E-state index is 0.179. The van der Waals surface area contributed by atoms with Crippen LogP contribution >= 0.6 is 0 Å². The van der Waals surface area contributed by atoms with Gasteiger partial charge < -0.3 is 15.4 Å². The maximum Gasteiger partial charge on any atom is 0.319 e. The van der Waals surface area contributed by atoms with Gasteiger partial charge in [-0.3, -0.25) is 0 Å². The highest BCUT2D eigenvalue weighted by Crippen LogP contribution is 2.10. The van der Waals surface area contributed by atoms with Crippen LogP contribution in [0.25, 0.3) is 0 Å². The van der Waals surface area contributed by atoms with Gasteiger partial charge in [-0.25, -0.2) is 4.79 Å². The SMILES string of the molecule is O=C(NC[C@H]1CCCO1)Nc1ccccc1. The highest BCUT2D eigenvalue weighted by Gasteiger charge is 2.15. The lowest BCUT2D eigenvalue weighted by Gasteiger charge is -2.11. The maximum absolute atomic E-state index is 11.5. The fourth-order valence-corrected chi connectivity index (χ4v) is 1.71. The fraction of sp³-hybridized carbons (Fsp3) is 0.417.